The summed E-state index contributed by atoms with van der Waals surface area (Å²) in [6, 6.07) is 15.7. The molecule has 8 nitrogen and oxygen atoms in total. The Kier molecular flexibility index (Phi) is 5.78. The van der Waals surface area contributed by atoms with E-state index in [0.717, 1.165) is 5.56 Å². The van der Waals surface area contributed by atoms with E-state index in [9.17, 15) is 9.59 Å². The summed E-state index contributed by atoms with van der Waals surface area (Å²) in [7, 11) is 0. The third-order valence-electron chi connectivity index (χ3n) is 3.74. The molecule has 2 amide bonds. The first-order valence-corrected chi connectivity index (χ1v) is 8.29. The molecule has 2 aromatic carbocycles. The third kappa shape index (κ3) is 5.40. The van der Waals surface area contributed by atoms with Crippen LogP contribution in [0.5, 0.6) is 0 Å². The van der Waals surface area contributed by atoms with Gasteiger partial charge in [-0.05, 0) is 23.3 Å². The molecule has 1 aromatic heterocycles. The van der Waals surface area contributed by atoms with Crippen LogP contribution in [0.15, 0.2) is 59.1 Å². The molecule has 0 aliphatic carbocycles. The number of aromatic nitrogens is 2. The summed E-state index contributed by atoms with van der Waals surface area (Å²) >= 11 is 0. The van der Waals surface area contributed by atoms with Gasteiger partial charge in [-0.3, -0.25) is 0 Å². The SMILES string of the molecule is O=C(NCc1cccc(C(=O)O)c1)NCc1nc(Cc2ccccc2)no1. The minimum atomic E-state index is -1.01. The average molecular weight is 366 g/mol. The summed E-state index contributed by atoms with van der Waals surface area (Å²) in [4.78, 5) is 27.1. The van der Waals surface area contributed by atoms with Crippen molar-refractivity contribution in [3.63, 3.8) is 0 Å². The Morgan fingerprint density at radius 2 is 1.70 bits per heavy atom. The van der Waals surface area contributed by atoms with Gasteiger partial charge in [0.15, 0.2) is 5.82 Å². The number of hydrogen-bond donors (Lipinski definition) is 3. The summed E-state index contributed by atoms with van der Waals surface area (Å²) in [5, 5.41) is 18.1. The van der Waals surface area contributed by atoms with Crippen molar-refractivity contribution >= 4 is 12.0 Å². The second-order valence-corrected chi connectivity index (χ2v) is 5.81. The normalized spacial score (nSPS) is 10.4. The summed E-state index contributed by atoms with van der Waals surface area (Å²) in [6.07, 6.45) is 0.552. The van der Waals surface area contributed by atoms with Crippen LogP contribution in [0.4, 0.5) is 4.79 Å². The van der Waals surface area contributed by atoms with Crippen LogP contribution in [0, 0.1) is 0 Å². The minimum Gasteiger partial charge on any atom is -0.478 e. The molecule has 3 aromatic rings. The van der Waals surface area contributed by atoms with Crippen LogP contribution in [0.25, 0.3) is 0 Å². The molecule has 0 bridgehead atoms. The van der Waals surface area contributed by atoms with Crippen molar-refractivity contribution in [1.29, 1.82) is 0 Å². The fourth-order valence-corrected chi connectivity index (χ4v) is 2.43. The number of hydrogen-bond acceptors (Lipinski definition) is 5. The van der Waals surface area contributed by atoms with Crippen molar-refractivity contribution < 1.29 is 19.2 Å². The highest BCUT2D eigenvalue weighted by Gasteiger charge is 2.09. The molecule has 0 saturated heterocycles. The van der Waals surface area contributed by atoms with Crippen LogP contribution in [-0.4, -0.2) is 27.2 Å². The van der Waals surface area contributed by atoms with Crippen molar-refractivity contribution in [2.75, 3.05) is 0 Å². The highest BCUT2D eigenvalue weighted by Crippen LogP contribution is 2.07. The van der Waals surface area contributed by atoms with Gasteiger partial charge >= 0.3 is 12.0 Å². The number of carboxylic acid groups (broad SMARTS) is 1. The van der Waals surface area contributed by atoms with E-state index < -0.39 is 12.0 Å². The van der Waals surface area contributed by atoms with Crippen molar-refractivity contribution in [1.82, 2.24) is 20.8 Å². The molecule has 0 saturated carbocycles. The highest BCUT2D eigenvalue weighted by atomic mass is 16.5. The van der Waals surface area contributed by atoms with Gasteiger partial charge in [0, 0.05) is 13.0 Å². The van der Waals surface area contributed by atoms with Crippen LogP contribution in [-0.2, 0) is 19.5 Å². The number of urea groups is 1. The highest BCUT2D eigenvalue weighted by molar-refractivity contribution is 5.87. The minimum absolute atomic E-state index is 0.1000. The number of carbonyl (C=O) groups is 2. The average Bonchev–Trinajstić information content (AvgIpc) is 3.13. The molecule has 0 radical (unpaired) electrons. The maximum Gasteiger partial charge on any atom is 0.335 e. The number of benzene rings is 2. The fraction of sp³-hybridized carbons (Fsp3) is 0.158. The van der Waals surface area contributed by atoms with Crippen LogP contribution in [0.1, 0.15) is 33.2 Å². The van der Waals surface area contributed by atoms with Gasteiger partial charge in [0.25, 0.3) is 0 Å². The van der Waals surface area contributed by atoms with Gasteiger partial charge in [-0.1, -0.05) is 47.6 Å². The van der Waals surface area contributed by atoms with Gasteiger partial charge in [-0.15, -0.1) is 0 Å². The molecule has 0 unspecified atom stereocenters. The molecule has 27 heavy (non-hydrogen) atoms. The molecule has 0 aliphatic heterocycles. The van der Waals surface area contributed by atoms with Crippen molar-refractivity contribution in [3.8, 4) is 0 Å². The molecule has 3 N–H and O–H groups in total. The van der Waals surface area contributed by atoms with E-state index in [-0.39, 0.29) is 18.7 Å². The predicted octanol–water partition coefficient (Wildman–Crippen LogP) is 2.36. The number of rotatable bonds is 7. The molecule has 8 heteroatoms. The lowest BCUT2D eigenvalue weighted by molar-refractivity contribution is 0.0696. The lowest BCUT2D eigenvalue weighted by atomic mass is 10.1. The Hall–Kier alpha value is -3.68. The second kappa shape index (κ2) is 8.61. The first-order chi connectivity index (χ1) is 13.1. The molecule has 1 heterocycles. The molecule has 0 aliphatic rings. The van der Waals surface area contributed by atoms with Gasteiger partial charge in [-0.25, -0.2) is 9.59 Å². The van der Waals surface area contributed by atoms with Gasteiger partial charge in [0.05, 0.1) is 12.1 Å². The van der Waals surface area contributed by atoms with Crippen molar-refractivity contribution in [2.45, 2.75) is 19.5 Å². The fourth-order valence-electron chi connectivity index (χ4n) is 2.43. The Balaban J connectivity index is 1.45. The molecular weight excluding hydrogens is 348 g/mol. The Labute approximate surface area is 155 Å². The summed E-state index contributed by atoms with van der Waals surface area (Å²) < 4.78 is 5.12. The maximum atomic E-state index is 11.9. The van der Waals surface area contributed by atoms with Crippen molar-refractivity contribution in [3.05, 3.63) is 83.0 Å². The number of carboxylic acids is 1. The van der Waals surface area contributed by atoms with Gasteiger partial charge < -0.3 is 20.3 Å². The van der Waals surface area contributed by atoms with Crippen LogP contribution < -0.4 is 10.6 Å². The largest absolute Gasteiger partial charge is 0.478 e. The first-order valence-electron chi connectivity index (χ1n) is 8.29. The van der Waals surface area contributed by atoms with E-state index in [2.05, 4.69) is 20.8 Å². The number of aromatic carboxylic acids is 1. The zero-order valence-corrected chi connectivity index (χ0v) is 14.4. The summed E-state index contributed by atoms with van der Waals surface area (Å²) in [5.41, 5.74) is 1.93. The van der Waals surface area contributed by atoms with E-state index in [4.69, 9.17) is 9.63 Å². The van der Waals surface area contributed by atoms with Crippen LogP contribution in [0.2, 0.25) is 0 Å². The van der Waals surface area contributed by atoms with E-state index in [1.165, 1.54) is 12.1 Å². The zero-order valence-electron chi connectivity index (χ0n) is 14.4. The van der Waals surface area contributed by atoms with E-state index in [1.807, 2.05) is 30.3 Å². The van der Waals surface area contributed by atoms with Crippen molar-refractivity contribution in [2.24, 2.45) is 0 Å². The van der Waals surface area contributed by atoms with Crippen LogP contribution >= 0.6 is 0 Å². The maximum absolute atomic E-state index is 11.9. The lowest BCUT2D eigenvalue weighted by Crippen LogP contribution is -2.34. The molecule has 138 valence electrons. The lowest BCUT2D eigenvalue weighted by Gasteiger charge is -2.06. The standard InChI is InChI=1S/C19H18N4O4/c24-18(25)15-8-4-7-14(9-15)11-20-19(26)21-12-17-22-16(23-27-17)10-13-5-2-1-3-6-13/h1-9H,10-12H2,(H,24,25)(H2,20,21,26). The molecule has 0 spiro atoms. The Morgan fingerprint density at radius 1 is 0.963 bits per heavy atom. The zero-order chi connectivity index (χ0) is 19.1. The monoisotopic (exact) mass is 366 g/mol. The van der Waals surface area contributed by atoms with E-state index in [1.54, 1.807) is 12.1 Å². The molecule has 3 rings (SSSR count). The smallest absolute Gasteiger partial charge is 0.335 e. The molecule has 0 atom stereocenters. The second-order valence-electron chi connectivity index (χ2n) is 5.81. The number of amides is 2. The van der Waals surface area contributed by atoms with Gasteiger partial charge in [0.2, 0.25) is 5.89 Å². The quantitative estimate of drug-likeness (QED) is 0.591. The Morgan fingerprint density at radius 3 is 2.48 bits per heavy atom. The van der Waals surface area contributed by atoms with Crippen LogP contribution in [0.3, 0.4) is 0 Å². The van der Waals surface area contributed by atoms with Gasteiger partial charge in [-0.2, -0.15) is 4.98 Å². The number of nitrogens with one attached hydrogen (secondary N) is 2. The van der Waals surface area contributed by atoms with E-state index in [0.29, 0.717) is 23.7 Å². The molecule has 0 fully saturated rings. The van der Waals surface area contributed by atoms with Gasteiger partial charge in [0.1, 0.15) is 0 Å². The summed E-state index contributed by atoms with van der Waals surface area (Å²) in [6.45, 7) is 0.304. The summed E-state index contributed by atoms with van der Waals surface area (Å²) in [5.74, 6) is -0.156. The number of nitrogens with zero attached hydrogens (tertiary/aromatic N) is 2. The number of carbonyl (C=O) groups excluding carboxylic acids is 1. The molecular formula is C19H18N4O4. The van der Waals surface area contributed by atoms with E-state index >= 15 is 0 Å². The Bertz CT molecular complexity index is 924. The predicted molar refractivity (Wildman–Crippen MR) is 96.0 cm³/mol. The topological polar surface area (TPSA) is 117 Å². The third-order valence-corrected chi connectivity index (χ3v) is 3.74. The first kappa shape index (κ1) is 18.1.